The third kappa shape index (κ3) is 5.65. The number of morpholine rings is 1. The average Bonchev–Trinajstić information content (AvgIpc) is 2.28. The fourth-order valence-electron chi connectivity index (χ4n) is 2.35. The van der Waals surface area contributed by atoms with Crippen molar-refractivity contribution in [3.63, 3.8) is 0 Å². The maximum absolute atomic E-state index is 5.82. The number of rotatable bonds is 7. The molecule has 0 aromatic rings. The maximum atomic E-state index is 5.82. The monoisotopic (exact) mass is 291 g/mol. The minimum absolute atomic E-state index is 0.388. The minimum atomic E-state index is 0.388. The zero-order valence-electron chi connectivity index (χ0n) is 10.8. The molecule has 0 spiro atoms. The van der Waals surface area contributed by atoms with Gasteiger partial charge in [-0.3, -0.25) is 4.90 Å². The molecule has 1 rings (SSSR count). The molecule has 0 radical (unpaired) electrons. The van der Waals surface area contributed by atoms with E-state index in [2.05, 4.69) is 34.7 Å². The summed E-state index contributed by atoms with van der Waals surface area (Å²) in [6.07, 6.45) is 7.65. The normalized spacial score (nSPS) is 27.2. The number of hydrogen-bond acceptors (Lipinski definition) is 2. The van der Waals surface area contributed by atoms with Crippen LogP contribution in [0.4, 0.5) is 0 Å². The molecule has 0 aliphatic carbocycles. The van der Waals surface area contributed by atoms with Gasteiger partial charge in [0.2, 0.25) is 0 Å². The number of unbranched alkanes of at least 4 members (excludes halogenated alkanes) is 4. The van der Waals surface area contributed by atoms with Gasteiger partial charge in [-0.1, -0.05) is 48.5 Å². The Morgan fingerprint density at radius 3 is 2.62 bits per heavy atom. The Morgan fingerprint density at radius 2 is 1.94 bits per heavy atom. The van der Waals surface area contributed by atoms with Gasteiger partial charge in [0.05, 0.1) is 12.2 Å². The lowest BCUT2D eigenvalue weighted by molar-refractivity contribution is -0.0654. The highest BCUT2D eigenvalue weighted by molar-refractivity contribution is 9.09. The first kappa shape index (κ1) is 14.5. The number of ether oxygens (including phenoxy) is 1. The molecule has 0 saturated carbocycles. The fourth-order valence-corrected chi connectivity index (χ4v) is 2.70. The van der Waals surface area contributed by atoms with Gasteiger partial charge >= 0.3 is 0 Å². The number of alkyl halides is 1. The largest absolute Gasteiger partial charge is 0.372 e. The van der Waals surface area contributed by atoms with Crippen molar-refractivity contribution in [3.8, 4) is 0 Å². The lowest BCUT2D eigenvalue weighted by Crippen LogP contribution is -2.47. The van der Waals surface area contributed by atoms with E-state index in [0.29, 0.717) is 12.2 Å². The molecule has 1 aliphatic rings. The van der Waals surface area contributed by atoms with Gasteiger partial charge < -0.3 is 4.74 Å². The minimum Gasteiger partial charge on any atom is -0.372 e. The molecule has 1 heterocycles. The molecule has 1 aliphatic heterocycles. The number of hydrogen-bond donors (Lipinski definition) is 0. The third-order valence-electron chi connectivity index (χ3n) is 3.15. The second kappa shape index (κ2) is 8.48. The van der Waals surface area contributed by atoms with E-state index in [1.165, 1.54) is 38.6 Å². The Morgan fingerprint density at radius 1 is 1.19 bits per heavy atom. The molecule has 2 unspecified atom stereocenters. The average molecular weight is 292 g/mol. The van der Waals surface area contributed by atoms with Crippen LogP contribution in [0.15, 0.2) is 0 Å². The van der Waals surface area contributed by atoms with E-state index in [0.717, 1.165) is 18.4 Å². The lowest BCUT2D eigenvalue weighted by atomic mass is 10.1. The van der Waals surface area contributed by atoms with Gasteiger partial charge in [-0.2, -0.15) is 0 Å². The van der Waals surface area contributed by atoms with Crippen LogP contribution < -0.4 is 0 Å². The van der Waals surface area contributed by atoms with Crippen molar-refractivity contribution in [2.24, 2.45) is 0 Å². The van der Waals surface area contributed by atoms with Crippen molar-refractivity contribution in [2.75, 3.05) is 25.0 Å². The van der Waals surface area contributed by atoms with Crippen LogP contribution in [0.25, 0.3) is 0 Å². The van der Waals surface area contributed by atoms with E-state index in [1.54, 1.807) is 0 Å². The van der Waals surface area contributed by atoms with Crippen LogP contribution in [-0.2, 0) is 4.74 Å². The van der Waals surface area contributed by atoms with Gasteiger partial charge in [0, 0.05) is 18.4 Å². The SMILES string of the molecule is CCCCCCCN1CC(C)OC(CBr)C1. The molecule has 96 valence electrons. The van der Waals surface area contributed by atoms with E-state index in [9.17, 15) is 0 Å². The van der Waals surface area contributed by atoms with Crippen LogP contribution in [-0.4, -0.2) is 42.1 Å². The maximum Gasteiger partial charge on any atom is 0.0802 e. The summed E-state index contributed by atoms with van der Waals surface area (Å²) in [6.45, 7) is 7.91. The Bertz CT molecular complexity index is 177. The molecule has 3 heteroatoms. The first-order chi connectivity index (χ1) is 7.76. The van der Waals surface area contributed by atoms with Gasteiger partial charge in [-0.05, 0) is 19.9 Å². The van der Waals surface area contributed by atoms with E-state index in [-0.39, 0.29) is 0 Å². The fraction of sp³-hybridized carbons (Fsp3) is 1.00. The van der Waals surface area contributed by atoms with Gasteiger partial charge in [0.1, 0.15) is 0 Å². The molecule has 2 nitrogen and oxygen atoms in total. The number of nitrogens with zero attached hydrogens (tertiary/aromatic N) is 1. The van der Waals surface area contributed by atoms with Gasteiger partial charge in [-0.25, -0.2) is 0 Å². The Hall–Kier alpha value is 0.400. The van der Waals surface area contributed by atoms with Crippen molar-refractivity contribution in [1.29, 1.82) is 0 Å². The first-order valence-electron chi connectivity index (χ1n) is 6.70. The molecule has 0 aromatic heterocycles. The molecule has 0 bridgehead atoms. The van der Waals surface area contributed by atoms with Crippen molar-refractivity contribution in [1.82, 2.24) is 4.90 Å². The highest BCUT2D eigenvalue weighted by Crippen LogP contribution is 2.14. The Balaban J connectivity index is 2.10. The molecular weight excluding hydrogens is 266 g/mol. The van der Waals surface area contributed by atoms with Crippen LogP contribution in [0, 0.1) is 0 Å². The summed E-state index contributed by atoms with van der Waals surface area (Å²) < 4.78 is 5.82. The second-order valence-corrected chi connectivity index (χ2v) is 5.54. The summed E-state index contributed by atoms with van der Waals surface area (Å²) in [6, 6.07) is 0. The molecule has 1 fully saturated rings. The van der Waals surface area contributed by atoms with Crippen molar-refractivity contribution in [2.45, 2.75) is 58.2 Å². The highest BCUT2D eigenvalue weighted by Gasteiger charge is 2.23. The van der Waals surface area contributed by atoms with Gasteiger partial charge in [0.25, 0.3) is 0 Å². The van der Waals surface area contributed by atoms with Crippen LogP contribution >= 0.6 is 15.9 Å². The first-order valence-corrected chi connectivity index (χ1v) is 7.82. The van der Waals surface area contributed by atoms with Crippen molar-refractivity contribution >= 4 is 15.9 Å². The summed E-state index contributed by atoms with van der Waals surface area (Å²) in [5, 5.41) is 0.962. The predicted molar refractivity (Wildman–Crippen MR) is 73.3 cm³/mol. The van der Waals surface area contributed by atoms with E-state index in [4.69, 9.17) is 4.74 Å². The molecule has 0 amide bonds. The van der Waals surface area contributed by atoms with Gasteiger partial charge in [0.15, 0.2) is 0 Å². The standard InChI is InChI=1S/C13H26BrNO/c1-3-4-5-6-7-8-15-10-12(2)16-13(9-14)11-15/h12-13H,3-11H2,1-2H3. The number of halogens is 1. The summed E-state index contributed by atoms with van der Waals surface area (Å²) >= 11 is 3.52. The van der Waals surface area contributed by atoms with Gasteiger partial charge in [-0.15, -0.1) is 0 Å². The summed E-state index contributed by atoms with van der Waals surface area (Å²) in [4.78, 5) is 2.56. The highest BCUT2D eigenvalue weighted by atomic mass is 79.9. The van der Waals surface area contributed by atoms with Crippen LogP contribution in [0.5, 0.6) is 0 Å². The quantitative estimate of drug-likeness (QED) is 0.526. The molecule has 1 saturated heterocycles. The van der Waals surface area contributed by atoms with Crippen molar-refractivity contribution < 1.29 is 4.74 Å². The molecular formula is C13H26BrNO. The van der Waals surface area contributed by atoms with E-state index in [1.807, 2.05) is 0 Å². The second-order valence-electron chi connectivity index (χ2n) is 4.90. The lowest BCUT2D eigenvalue weighted by Gasteiger charge is -2.36. The Labute approximate surface area is 109 Å². The molecule has 16 heavy (non-hydrogen) atoms. The summed E-state index contributed by atoms with van der Waals surface area (Å²) in [5.74, 6) is 0. The third-order valence-corrected chi connectivity index (χ3v) is 3.87. The molecule has 0 aromatic carbocycles. The topological polar surface area (TPSA) is 12.5 Å². The van der Waals surface area contributed by atoms with Crippen LogP contribution in [0.2, 0.25) is 0 Å². The van der Waals surface area contributed by atoms with E-state index < -0.39 is 0 Å². The van der Waals surface area contributed by atoms with Crippen LogP contribution in [0.3, 0.4) is 0 Å². The Kier molecular flexibility index (Phi) is 7.67. The molecule has 0 N–H and O–H groups in total. The van der Waals surface area contributed by atoms with Crippen molar-refractivity contribution in [3.05, 3.63) is 0 Å². The van der Waals surface area contributed by atoms with Crippen LogP contribution in [0.1, 0.15) is 46.0 Å². The molecule has 2 atom stereocenters. The van der Waals surface area contributed by atoms with E-state index >= 15 is 0 Å². The zero-order chi connectivity index (χ0) is 11.8. The summed E-state index contributed by atoms with van der Waals surface area (Å²) in [5.41, 5.74) is 0. The predicted octanol–water partition coefficient (Wildman–Crippen LogP) is 3.44. The summed E-state index contributed by atoms with van der Waals surface area (Å²) in [7, 11) is 0. The smallest absolute Gasteiger partial charge is 0.0802 e. The zero-order valence-corrected chi connectivity index (χ0v) is 12.3.